The Labute approximate surface area is 162 Å². The van der Waals surface area contributed by atoms with Crippen LogP contribution in [0.15, 0.2) is 54.6 Å². The van der Waals surface area contributed by atoms with Crippen LogP contribution in [-0.4, -0.2) is 27.4 Å². The summed E-state index contributed by atoms with van der Waals surface area (Å²) in [4.78, 5) is 26.3. The fourth-order valence-corrected chi connectivity index (χ4v) is 3.02. The fourth-order valence-electron chi connectivity index (χ4n) is 3.02. The first-order valence-corrected chi connectivity index (χ1v) is 9.03. The quantitative estimate of drug-likeness (QED) is 0.681. The summed E-state index contributed by atoms with van der Waals surface area (Å²) in [6.45, 7) is 0.869. The Morgan fingerprint density at radius 2 is 1.93 bits per heavy atom. The molecule has 4 rings (SSSR count). The van der Waals surface area contributed by atoms with Crippen molar-refractivity contribution in [3.05, 3.63) is 60.4 Å². The van der Waals surface area contributed by atoms with E-state index in [2.05, 4.69) is 20.3 Å². The topological polar surface area (TPSA) is 106 Å². The summed E-state index contributed by atoms with van der Waals surface area (Å²) < 4.78 is 5.81. The number of amides is 1. The first-order chi connectivity index (χ1) is 13.7. The second-order valence-corrected chi connectivity index (χ2v) is 6.36. The normalized spacial score (nSPS) is 13.6. The molecule has 2 aromatic carbocycles. The van der Waals surface area contributed by atoms with Crippen LogP contribution < -0.4 is 20.7 Å². The fraction of sp³-hybridized carbons (Fsp3) is 0.200. The van der Waals surface area contributed by atoms with Gasteiger partial charge in [0.05, 0.1) is 0 Å². The van der Waals surface area contributed by atoms with E-state index in [0.29, 0.717) is 23.9 Å². The van der Waals surface area contributed by atoms with Gasteiger partial charge in [0.25, 0.3) is 0 Å². The van der Waals surface area contributed by atoms with Gasteiger partial charge in [-0.05, 0) is 30.7 Å². The summed E-state index contributed by atoms with van der Waals surface area (Å²) in [5.41, 5.74) is 7.49. The maximum atomic E-state index is 11.9. The zero-order chi connectivity index (χ0) is 19.3. The molecule has 1 amide bonds. The third-order valence-corrected chi connectivity index (χ3v) is 4.30. The number of carbonyl (C=O) groups is 1. The Bertz CT molecular complexity index is 979. The van der Waals surface area contributed by atoms with Crippen LogP contribution in [0.25, 0.3) is 0 Å². The summed E-state index contributed by atoms with van der Waals surface area (Å²) in [5.74, 6) is 1.65. The number of hydrogen-bond donors (Lipinski definition) is 2. The van der Waals surface area contributed by atoms with Crippen LogP contribution in [0.1, 0.15) is 18.7 Å². The number of aromatic nitrogens is 3. The number of nitrogen functional groups attached to an aromatic ring is 1. The summed E-state index contributed by atoms with van der Waals surface area (Å²) in [5, 5.41) is 3.09. The lowest BCUT2D eigenvalue weighted by Gasteiger charge is -2.16. The van der Waals surface area contributed by atoms with E-state index in [1.54, 1.807) is 4.90 Å². The van der Waals surface area contributed by atoms with E-state index >= 15 is 0 Å². The Morgan fingerprint density at radius 1 is 1.07 bits per heavy atom. The van der Waals surface area contributed by atoms with Gasteiger partial charge in [-0.15, -0.1) is 0 Å². The monoisotopic (exact) mass is 376 g/mol. The van der Waals surface area contributed by atoms with Gasteiger partial charge in [-0.3, -0.25) is 4.79 Å². The van der Waals surface area contributed by atoms with Gasteiger partial charge in [0, 0.05) is 30.4 Å². The third kappa shape index (κ3) is 4.17. The van der Waals surface area contributed by atoms with Gasteiger partial charge in [0.1, 0.15) is 12.4 Å². The van der Waals surface area contributed by atoms with Crippen LogP contribution in [0.5, 0.6) is 5.75 Å². The Balaban J connectivity index is 1.45. The second kappa shape index (κ2) is 7.91. The molecule has 0 unspecified atom stereocenters. The smallest absolute Gasteiger partial charge is 0.232 e. The first kappa shape index (κ1) is 17.7. The van der Waals surface area contributed by atoms with Gasteiger partial charge in [-0.1, -0.05) is 24.3 Å². The van der Waals surface area contributed by atoms with Crippen molar-refractivity contribution >= 4 is 29.2 Å². The summed E-state index contributed by atoms with van der Waals surface area (Å²) >= 11 is 0. The lowest BCUT2D eigenvalue weighted by Crippen LogP contribution is -2.23. The van der Waals surface area contributed by atoms with Crippen LogP contribution in [0.2, 0.25) is 0 Å². The molecular formula is C20H20N6O2. The molecule has 1 saturated heterocycles. The molecule has 0 aliphatic carbocycles. The minimum atomic E-state index is 0.114. The molecule has 1 aliphatic heterocycles. The molecule has 8 heteroatoms. The van der Waals surface area contributed by atoms with E-state index in [1.807, 2.05) is 54.6 Å². The molecule has 0 saturated carbocycles. The van der Waals surface area contributed by atoms with Crippen LogP contribution in [0.3, 0.4) is 0 Å². The summed E-state index contributed by atoms with van der Waals surface area (Å²) in [6, 6.07) is 17.0. The van der Waals surface area contributed by atoms with Crippen molar-refractivity contribution in [2.24, 2.45) is 0 Å². The second-order valence-electron chi connectivity index (χ2n) is 6.36. The van der Waals surface area contributed by atoms with Crippen molar-refractivity contribution in [1.82, 2.24) is 15.0 Å². The van der Waals surface area contributed by atoms with E-state index in [1.165, 1.54) is 0 Å². The molecule has 2 heterocycles. The molecule has 28 heavy (non-hydrogen) atoms. The molecule has 1 fully saturated rings. The van der Waals surface area contributed by atoms with Crippen LogP contribution in [0.4, 0.5) is 23.3 Å². The molecule has 0 radical (unpaired) electrons. The van der Waals surface area contributed by atoms with Crippen LogP contribution >= 0.6 is 0 Å². The van der Waals surface area contributed by atoms with Crippen LogP contribution in [0, 0.1) is 0 Å². The Morgan fingerprint density at radius 3 is 2.71 bits per heavy atom. The first-order valence-electron chi connectivity index (χ1n) is 9.03. The van der Waals surface area contributed by atoms with Gasteiger partial charge in [0.15, 0.2) is 5.82 Å². The van der Waals surface area contributed by atoms with Crippen molar-refractivity contribution in [3.63, 3.8) is 0 Å². The SMILES string of the molecule is Nc1nc(COc2cccc(N3CCCC3=O)c2)nc(Nc2ccccc2)n1. The number of nitrogens with two attached hydrogens (primary N) is 1. The molecular weight excluding hydrogens is 356 g/mol. The maximum absolute atomic E-state index is 11.9. The minimum Gasteiger partial charge on any atom is -0.486 e. The lowest BCUT2D eigenvalue weighted by atomic mass is 10.3. The third-order valence-electron chi connectivity index (χ3n) is 4.30. The molecule has 1 aromatic heterocycles. The number of para-hydroxylation sites is 1. The van der Waals surface area contributed by atoms with E-state index in [-0.39, 0.29) is 18.5 Å². The lowest BCUT2D eigenvalue weighted by molar-refractivity contribution is -0.117. The predicted molar refractivity (Wildman–Crippen MR) is 106 cm³/mol. The average molecular weight is 376 g/mol. The zero-order valence-electron chi connectivity index (χ0n) is 15.2. The van der Waals surface area contributed by atoms with Crippen LogP contribution in [-0.2, 0) is 11.4 Å². The number of nitrogens with one attached hydrogen (secondary N) is 1. The van der Waals surface area contributed by atoms with E-state index in [4.69, 9.17) is 10.5 Å². The zero-order valence-corrected chi connectivity index (χ0v) is 15.2. The number of rotatable bonds is 6. The van der Waals surface area contributed by atoms with Gasteiger partial charge in [-0.2, -0.15) is 15.0 Å². The summed E-state index contributed by atoms with van der Waals surface area (Å²) in [7, 11) is 0. The molecule has 0 spiro atoms. The largest absolute Gasteiger partial charge is 0.486 e. The van der Waals surface area contributed by atoms with E-state index in [9.17, 15) is 4.79 Å². The molecule has 1 aliphatic rings. The van der Waals surface area contributed by atoms with Gasteiger partial charge >= 0.3 is 0 Å². The average Bonchev–Trinajstić information content (AvgIpc) is 3.13. The Kier molecular flexibility index (Phi) is 5.01. The molecule has 3 N–H and O–H groups in total. The molecule has 8 nitrogen and oxygen atoms in total. The van der Waals surface area contributed by atoms with E-state index in [0.717, 1.165) is 24.3 Å². The highest BCUT2D eigenvalue weighted by Gasteiger charge is 2.21. The summed E-state index contributed by atoms with van der Waals surface area (Å²) in [6.07, 6.45) is 1.47. The molecule has 0 bridgehead atoms. The number of ether oxygens (including phenoxy) is 1. The van der Waals surface area contributed by atoms with Gasteiger partial charge < -0.3 is 20.7 Å². The number of nitrogens with zero attached hydrogens (tertiary/aromatic N) is 4. The highest BCUT2D eigenvalue weighted by Crippen LogP contribution is 2.25. The molecule has 0 atom stereocenters. The van der Waals surface area contributed by atoms with Crippen molar-refractivity contribution in [3.8, 4) is 5.75 Å². The highest BCUT2D eigenvalue weighted by atomic mass is 16.5. The predicted octanol–water partition coefficient (Wildman–Crippen LogP) is 2.90. The van der Waals surface area contributed by atoms with Gasteiger partial charge in [0.2, 0.25) is 17.8 Å². The number of benzene rings is 2. The number of carbonyl (C=O) groups excluding carboxylic acids is 1. The molecule has 142 valence electrons. The van der Waals surface area contributed by atoms with Crippen molar-refractivity contribution in [2.75, 3.05) is 22.5 Å². The van der Waals surface area contributed by atoms with E-state index < -0.39 is 0 Å². The number of hydrogen-bond acceptors (Lipinski definition) is 7. The molecule has 3 aromatic rings. The van der Waals surface area contributed by atoms with Crippen molar-refractivity contribution in [1.29, 1.82) is 0 Å². The maximum Gasteiger partial charge on any atom is 0.232 e. The highest BCUT2D eigenvalue weighted by molar-refractivity contribution is 5.95. The number of anilines is 4. The Hall–Kier alpha value is -3.68. The van der Waals surface area contributed by atoms with Crippen molar-refractivity contribution < 1.29 is 9.53 Å². The minimum absolute atomic E-state index is 0.114. The standard InChI is InChI=1S/C20H20N6O2/c21-19-23-17(24-20(25-19)22-14-6-2-1-3-7-14)13-28-16-9-4-8-15(12-16)26-11-5-10-18(26)27/h1-4,6-9,12H,5,10-11,13H2,(H3,21,22,23,24,25). The van der Waals surface area contributed by atoms with Gasteiger partial charge in [-0.25, -0.2) is 0 Å². The van der Waals surface area contributed by atoms with Crippen molar-refractivity contribution in [2.45, 2.75) is 19.4 Å².